The molecule has 6 aromatic carbocycles. The molecule has 0 fully saturated rings. The zero-order valence-corrected chi connectivity index (χ0v) is 62.4. The number of nitrogens with one attached hydrogen (secondary N) is 1. The van der Waals surface area contributed by atoms with Crippen LogP contribution in [0.25, 0.3) is 52.2 Å². The SMILES string of the molecule is Cc1cc(C)c(C2=C3C=CC(=N3)C(c3c(C)cc(C)cc3C)=c3cc4sc5cc(sc5c4s3)=C(c3c(C)cc(C)cc3C)C3=NC(=C(c4c(C)cc(C)cc4C)c4ccc(s4)C(c4c(C)cc(C)cc4C)=c4ccc([nH]4)=C(c4c(C)cc(C)cc4C)c4ccc2s4)C=C3)c(C)c1. The molecule has 3 nitrogen and oxygen atoms in total. The Bertz CT molecular complexity index is 5410. The Labute approximate surface area is 585 Å². The second-order valence-corrected chi connectivity index (χ2v) is 33.0. The summed E-state index contributed by atoms with van der Waals surface area (Å²) >= 11 is 9.49. The summed E-state index contributed by atoms with van der Waals surface area (Å²) in [5.41, 5.74) is 41.0. The summed E-state index contributed by atoms with van der Waals surface area (Å²) in [5.74, 6) is 0. The minimum atomic E-state index is 0.973. The number of nitrogens with zero attached hydrogens (tertiary/aromatic N) is 2. The Kier molecular flexibility index (Phi) is 16.0. The van der Waals surface area contributed by atoms with Gasteiger partial charge in [-0.25, -0.2) is 9.98 Å². The molecular formula is C88H79N3S5. The number of rotatable bonds is 6. The second-order valence-electron chi connectivity index (χ2n) is 27.6. The minimum absolute atomic E-state index is 0.973. The van der Waals surface area contributed by atoms with Crippen molar-refractivity contribution in [1.29, 1.82) is 0 Å². The summed E-state index contributed by atoms with van der Waals surface area (Å²) in [4.78, 5) is 20.8. The molecule has 8 heteroatoms. The first-order chi connectivity index (χ1) is 45.9. The van der Waals surface area contributed by atoms with E-state index in [4.69, 9.17) is 9.98 Å². The van der Waals surface area contributed by atoms with Gasteiger partial charge in [0, 0.05) is 82.1 Å². The maximum Gasteiger partial charge on any atom is 0.0730 e. The van der Waals surface area contributed by atoms with Gasteiger partial charge in [-0.15, -0.1) is 56.7 Å². The Morgan fingerprint density at radius 2 is 0.500 bits per heavy atom. The average Bonchev–Trinajstić information content (AvgIpc) is 1.58. The number of allylic oxidation sites excluding steroid dienone is 4. The van der Waals surface area contributed by atoms with Crippen LogP contribution in [0.2, 0.25) is 0 Å². The van der Waals surface area contributed by atoms with Gasteiger partial charge in [0.1, 0.15) is 0 Å². The molecule has 0 saturated carbocycles. The van der Waals surface area contributed by atoms with Gasteiger partial charge in [0.25, 0.3) is 0 Å². The second kappa shape index (κ2) is 24.2. The van der Waals surface area contributed by atoms with E-state index >= 15 is 0 Å². The number of hydrogen-bond donors (Lipinski definition) is 1. The first-order valence-electron chi connectivity index (χ1n) is 33.3. The van der Waals surface area contributed by atoms with Gasteiger partial charge in [-0.3, -0.25) is 0 Å². The van der Waals surface area contributed by atoms with Gasteiger partial charge in [0.15, 0.2) is 0 Å². The van der Waals surface area contributed by atoms with Crippen molar-refractivity contribution in [3.8, 4) is 0 Å². The summed E-state index contributed by atoms with van der Waals surface area (Å²) in [7, 11) is 0. The number of fused-ring (bicyclic) bond motifs is 10. The van der Waals surface area contributed by atoms with Crippen LogP contribution in [-0.2, 0) is 0 Å². The van der Waals surface area contributed by atoms with Crippen LogP contribution in [0.15, 0.2) is 167 Å². The molecule has 15 rings (SSSR count). The van der Waals surface area contributed by atoms with E-state index in [0.717, 1.165) is 44.7 Å². The van der Waals surface area contributed by atoms with Gasteiger partial charge in [0.2, 0.25) is 0 Å². The molecule has 0 spiro atoms. The summed E-state index contributed by atoms with van der Waals surface area (Å²) in [6, 6.07) is 47.3. The number of aromatic nitrogens is 1. The van der Waals surface area contributed by atoms with E-state index in [1.54, 1.807) is 0 Å². The molecule has 0 radical (unpaired) electrons. The van der Waals surface area contributed by atoms with Crippen LogP contribution >= 0.6 is 56.7 Å². The average molecular weight is 1340 g/mol. The molecular weight excluding hydrogens is 1260 g/mol. The maximum atomic E-state index is 5.93. The first kappa shape index (κ1) is 63.5. The molecule has 3 aliphatic rings. The molecule has 14 bridgehead atoms. The van der Waals surface area contributed by atoms with Crippen molar-refractivity contribution in [1.82, 2.24) is 4.98 Å². The highest BCUT2D eigenvalue weighted by Gasteiger charge is 2.29. The van der Waals surface area contributed by atoms with Crippen molar-refractivity contribution in [2.75, 3.05) is 0 Å². The third kappa shape index (κ3) is 10.9. The molecule has 0 amide bonds. The van der Waals surface area contributed by atoms with Crippen LogP contribution in [0.5, 0.6) is 0 Å². The number of aliphatic imine (C=N–C) groups is 2. The Balaban J connectivity index is 1.11. The van der Waals surface area contributed by atoms with E-state index in [2.05, 4.69) is 275 Å². The number of H-pyrrole nitrogens is 1. The number of benzene rings is 6. The smallest absolute Gasteiger partial charge is 0.0730 e. The summed E-state index contributed by atoms with van der Waals surface area (Å²) in [6.45, 7) is 40.7. The van der Waals surface area contributed by atoms with E-state index < -0.39 is 0 Å². The molecule has 476 valence electrons. The molecule has 1 N–H and O–H groups in total. The van der Waals surface area contributed by atoms with Gasteiger partial charge < -0.3 is 4.98 Å². The molecule has 96 heavy (non-hydrogen) atoms. The number of aromatic amines is 1. The minimum Gasteiger partial charge on any atom is -0.354 e. The third-order valence-corrected chi connectivity index (χ3v) is 25.7. The fraction of sp³-hybridized carbons (Fsp3) is 0.205. The quantitative estimate of drug-likeness (QED) is 0.172. The summed E-state index contributed by atoms with van der Waals surface area (Å²) in [5, 5.41) is 2.15. The Morgan fingerprint density at radius 1 is 0.250 bits per heavy atom. The van der Waals surface area contributed by atoms with Crippen LogP contribution in [0, 0.1) is 125 Å². The van der Waals surface area contributed by atoms with Crippen LogP contribution in [0.1, 0.15) is 153 Å². The van der Waals surface area contributed by atoms with Crippen LogP contribution in [0.3, 0.4) is 0 Å². The highest BCUT2D eigenvalue weighted by molar-refractivity contribution is 7.37. The zero-order valence-electron chi connectivity index (χ0n) is 58.3. The molecule has 0 unspecified atom stereocenters. The van der Waals surface area contributed by atoms with Gasteiger partial charge in [0.05, 0.1) is 32.2 Å². The first-order valence-corrected chi connectivity index (χ1v) is 37.4. The molecule has 0 atom stereocenters. The third-order valence-electron chi connectivity index (χ3n) is 19.6. The molecule has 0 saturated heterocycles. The van der Waals surface area contributed by atoms with Crippen molar-refractivity contribution in [2.45, 2.75) is 125 Å². The van der Waals surface area contributed by atoms with Crippen LogP contribution in [-0.4, -0.2) is 16.4 Å². The lowest BCUT2D eigenvalue weighted by molar-refractivity contribution is 1.21. The van der Waals surface area contributed by atoms with Crippen molar-refractivity contribution in [3.05, 3.63) is 330 Å². The monoisotopic (exact) mass is 1340 g/mol. The predicted molar refractivity (Wildman–Crippen MR) is 420 cm³/mol. The fourth-order valence-corrected chi connectivity index (χ4v) is 22.9. The largest absolute Gasteiger partial charge is 0.354 e. The van der Waals surface area contributed by atoms with E-state index in [1.165, 1.54) is 203 Å². The fourth-order valence-electron chi connectivity index (χ4n) is 16.5. The standard InChI is InChI=1S/C88H79N3S5/c1-43-29-49(7)75(50(8)30-43)81-61-19-20-62(89-61)82(76-51(9)31-44(2)32-52(76)10)68-26-28-70(93-68)84(78-55(13)35-46(4)36-56(78)14)64-22-24-66(91-64)86(80-59(17)39-48(6)40-60(80)18)72-42-74-88(96-72)87-73(94-74)41-71(95-87)85(79-57(15)37-47(5)38-58(79)16)65-23-21-63(90-65)83(69-27-25-67(81)92-69)77-53(11)33-45(3)34-54(77)12/h19-42,89H,1-18H3. The van der Waals surface area contributed by atoms with Crippen molar-refractivity contribution < 1.29 is 0 Å². The highest BCUT2D eigenvalue weighted by Crippen LogP contribution is 2.46. The number of aryl methyl sites for hydroxylation is 18. The van der Waals surface area contributed by atoms with Gasteiger partial charge >= 0.3 is 0 Å². The van der Waals surface area contributed by atoms with E-state index in [-0.39, 0.29) is 0 Å². The topological polar surface area (TPSA) is 40.5 Å². The molecule has 3 aliphatic heterocycles. The van der Waals surface area contributed by atoms with Crippen molar-refractivity contribution in [2.24, 2.45) is 9.98 Å². The predicted octanol–water partition coefficient (Wildman–Crippen LogP) is 21.3. The van der Waals surface area contributed by atoms with Gasteiger partial charge in [-0.1, -0.05) is 106 Å². The van der Waals surface area contributed by atoms with Crippen LogP contribution in [0.4, 0.5) is 0 Å². The molecule has 6 aromatic heterocycles. The lowest BCUT2D eigenvalue weighted by Crippen LogP contribution is -2.18. The van der Waals surface area contributed by atoms with Crippen molar-refractivity contribution in [3.63, 3.8) is 0 Å². The maximum absolute atomic E-state index is 5.93. The highest BCUT2D eigenvalue weighted by atomic mass is 32.1. The Hall–Kier alpha value is -8.60. The summed E-state index contributed by atoms with van der Waals surface area (Å²) in [6.07, 6.45) is 9.20. The lowest BCUT2D eigenvalue weighted by atomic mass is 9.91. The molecule has 0 aliphatic carbocycles. The normalized spacial score (nSPS) is 14.2. The lowest BCUT2D eigenvalue weighted by Gasteiger charge is -2.17. The van der Waals surface area contributed by atoms with Gasteiger partial charge in [-0.2, -0.15) is 0 Å². The van der Waals surface area contributed by atoms with E-state index in [1.807, 2.05) is 56.7 Å². The molecule has 9 heterocycles. The van der Waals surface area contributed by atoms with Crippen LogP contribution < -0.4 is 19.8 Å². The zero-order chi connectivity index (χ0) is 67.2. The number of hydrogen-bond acceptors (Lipinski definition) is 7. The van der Waals surface area contributed by atoms with E-state index in [0.29, 0.717) is 0 Å². The summed E-state index contributed by atoms with van der Waals surface area (Å²) < 4.78 is 7.71. The number of thiophene rings is 5. The van der Waals surface area contributed by atoms with Gasteiger partial charge in [-0.05, 0) is 298 Å². The Morgan fingerprint density at radius 3 is 0.781 bits per heavy atom. The van der Waals surface area contributed by atoms with Crippen molar-refractivity contribution >= 4 is 120 Å². The molecule has 12 aromatic rings. The van der Waals surface area contributed by atoms with E-state index in [9.17, 15) is 0 Å².